The molecule has 2 aromatic rings. The van der Waals surface area contributed by atoms with Crippen molar-refractivity contribution in [3.05, 3.63) is 47.4 Å². The molecule has 1 unspecified atom stereocenters. The molecule has 1 aromatic carbocycles. The molecule has 2 N–H and O–H groups in total. The highest BCUT2D eigenvalue weighted by Crippen LogP contribution is 2.34. The molecule has 0 aliphatic heterocycles. The smallest absolute Gasteiger partial charge is 0.227 e. The van der Waals surface area contributed by atoms with Crippen molar-refractivity contribution in [1.82, 2.24) is 10.1 Å². The van der Waals surface area contributed by atoms with E-state index in [1.165, 1.54) is 12.1 Å². The molecule has 0 spiro atoms. The number of nitrogens with zero attached hydrogens (tertiary/aromatic N) is 2. The average molecular weight is 289 g/mol. The van der Waals surface area contributed by atoms with E-state index in [0.29, 0.717) is 18.1 Å². The predicted octanol–water partition coefficient (Wildman–Crippen LogP) is 3.28. The van der Waals surface area contributed by atoms with Crippen LogP contribution in [0.25, 0.3) is 0 Å². The maximum Gasteiger partial charge on any atom is 0.227 e. The molecule has 3 rings (SSSR count). The Kier molecular flexibility index (Phi) is 3.76. The van der Waals surface area contributed by atoms with E-state index in [0.717, 1.165) is 31.2 Å². The van der Waals surface area contributed by atoms with E-state index >= 15 is 0 Å². The normalized spacial score (nSPS) is 18.8. The SMILES string of the molecule is CC(Cc1nc(C2(N)CCCC2)no1)c1ccc(F)cc1. The number of benzene rings is 1. The van der Waals surface area contributed by atoms with Crippen molar-refractivity contribution in [2.45, 2.75) is 50.5 Å². The Morgan fingerprint density at radius 1 is 1.29 bits per heavy atom. The minimum atomic E-state index is -0.416. The number of nitrogens with two attached hydrogens (primary N) is 1. The van der Waals surface area contributed by atoms with Crippen LogP contribution in [0.15, 0.2) is 28.8 Å². The molecule has 1 aliphatic rings. The van der Waals surface area contributed by atoms with Gasteiger partial charge in [-0.2, -0.15) is 4.98 Å². The highest BCUT2D eigenvalue weighted by atomic mass is 19.1. The van der Waals surface area contributed by atoms with Crippen molar-refractivity contribution in [1.29, 1.82) is 0 Å². The first kappa shape index (κ1) is 14.2. The fraction of sp³-hybridized carbons (Fsp3) is 0.500. The monoisotopic (exact) mass is 289 g/mol. The highest BCUT2D eigenvalue weighted by Gasteiger charge is 2.36. The van der Waals surface area contributed by atoms with Gasteiger partial charge in [-0.15, -0.1) is 0 Å². The van der Waals surface area contributed by atoms with E-state index in [-0.39, 0.29) is 11.7 Å². The Bertz CT molecular complexity index is 602. The summed E-state index contributed by atoms with van der Waals surface area (Å²) in [5.74, 6) is 1.19. The minimum absolute atomic E-state index is 0.191. The predicted molar refractivity (Wildman–Crippen MR) is 77.2 cm³/mol. The van der Waals surface area contributed by atoms with Gasteiger partial charge < -0.3 is 10.3 Å². The van der Waals surface area contributed by atoms with E-state index in [9.17, 15) is 4.39 Å². The van der Waals surface area contributed by atoms with Crippen LogP contribution in [0.4, 0.5) is 4.39 Å². The van der Waals surface area contributed by atoms with E-state index in [4.69, 9.17) is 10.3 Å². The maximum absolute atomic E-state index is 12.9. The van der Waals surface area contributed by atoms with Crippen molar-refractivity contribution in [3.8, 4) is 0 Å². The minimum Gasteiger partial charge on any atom is -0.339 e. The van der Waals surface area contributed by atoms with Crippen LogP contribution in [-0.2, 0) is 12.0 Å². The zero-order valence-electron chi connectivity index (χ0n) is 12.2. The van der Waals surface area contributed by atoms with E-state index in [1.807, 2.05) is 0 Å². The van der Waals surface area contributed by atoms with Crippen LogP contribution in [0.3, 0.4) is 0 Å². The summed E-state index contributed by atoms with van der Waals surface area (Å²) in [5, 5.41) is 4.06. The largest absolute Gasteiger partial charge is 0.339 e. The summed E-state index contributed by atoms with van der Waals surface area (Å²) in [4.78, 5) is 4.47. The summed E-state index contributed by atoms with van der Waals surface area (Å²) in [5.41, 5.74) is 6.96. The third kappa shape index (κ3) is 2.97. The zero-order chi connectivity index (χ0) is 14.9. The molecule has 0 saturated heterocycles. The first-order valence-electron chi connectivity index (χ1n) is 7.44. The lowest BCUT2D eigenvalue weighted by atomic mass is 9.97. The summed E-state index contributed by atoms with van der Waals surface area (Å²) in [6.07, 6.45) is 4.70. The molecule has 21 heavy (non-hydrogen) atoms. The van der Waals surface area contributed by atoms with Crippen molar-refractivity contribution < 1.29 is 8.91 Å². The highest BCUT2D eigenvalue weighted by molar-refractivity contribution is 5.20. The van der Waals surface area contributed by atoms with Crippen LogP contribution in [0.2, 0.25) is 0 Å². The first-order chi connectivity index (χ1) is 10.1. The Morgan fingerprint density at radius 2 is 1.95 bits per heavy atom. The second kappa shape index (κ2) is 5.56. The molecular formula is C16H20FN3O. The van der Waals surface area contributed by atoms with E-state index in [1.54, 1.807) is 12.1 Å². The molecule has 112 valence electrons. The average Bonchev–Trinajstić information content (AvgIpc) is 3.10. The van der Waals surface area contributed by atoms with Gasteiger partial charge in [-0.05, 0) is 36.5 Å². The lowest BCUT2D eigenvalue weighted by molar-refractivity contribution is 0.345. The summed E-state index contributed by atoms with van der Waals surface area (Å²) in [6.45, 7) is 2.06. The van der Waals surface area contributed by atoms with Gasteiger partial charge in [0.25, 0.3) is 0 Å². The quantitative estimate of drug-likeness (QED) is 0.938. The fourth-order valence-electron chi connectivity index (χ4n) is 2.94. The molecule has 1 atom stereocenters. The van der Waals surface area contributed by atoms with Crippen molar-refractivity contribution in [2.75, 3.05) is 0 Å². The Balaban J connectivity index is 1.70. The molecule has 1 fully saturated rings. The zero-order valence-corrected chi connectivity index (χ0v) is 12.2. The van der Waals surface area contributed by atoms with Gasteiger partial charge >= 0.3 is 0 Å². The Hall–Kier alpha value is -1.75. The Morgan fingerprint density at radius 3 is 2.62 bits per heavy atom. The van der Waals surface area contributed by atoms with Crippen molar-refractivity contribution >= 4 is 0 Å². The van der Waals surface area contributed by atoms with E-state index in [2.05, 4.69) is 17.1 Å². The molecule has 1 aromatic heterocycles. The molecule has 0 bridgehead atoms. The molecule has 0 amide bonds. The third-order valence-electron chi connectivity index (χ3n) is 4.33. The van der Waals surface area contributed by atoms with Gasteiger partial charge in [-0.3, -0.25) is 0 Å². The van der Waals surface area contributed by atoms with Crippen LogP contribution >= 0.6 is 0 Å². The van der Waals surface area contributed by atoms with Crippen molar-refractivity contribution in [2.24, 2.45) is 5.73 Å². The lowest BCUT2D eigenvalue weighted by Gasteiger charge is -2.17. The number of hydrogen-bond donors (Lipinski definition) is 1. The van der Waals surface area contributed by atoms with Gasteiger partial charge in [0.05, 0.1) is 5.54 Å². The van der Waals surface area contributed by atoms with Crippen molar-refractivity contribution in [3.63, 3.8) is 0 Å². The van der Waals surface area contributed by atoms with Crippen LogP contribution in [-0.4, -0.2) is 10.1 Å². The van der Waals surface area contributed by atoms with Gasteiger partial charge in [0, 0.05) is 6.42 Å². The standard InChI is InChI=1S/C16H20FN3O/c1-11(12-4-6-13(17)7-5-12)10-14-19-15(20-21-14)16(18)8-2-3-9-16/h4-7,11H,2-3,8-10,18H2,1H3. The van der Waals surface area contributed by atoms with Gasteiger partial charge in [-0.1, -0.05) is 37.1 Å². The summed E-state index contributed by atoms with van der Waals surface area (Å²) in [7, 11) is 0. The molecule has 1 aliphatic carbocycles. The molecular weight excluding hydrogens is 269 g/mol. The molecule has 0 radical (unpaired) electrons. The van der Waals surface area contributed by atoms with Gasteiger partial charge in [0.1, 0.15) is 5.82 Å². The van der Waals surface area contributed by atoms with Crippen LogP contribution in [0.5, 0.6) is 0 Å². The molecule has 5 heteroatoms. The molecule has 1 saturated carbocycles. The van der Waals surface area contributed by atoms with Gasteiger partial charge in [0.15, 0.2) is 5.82 Å². The molecule has 4 nitrogen and oxygen atoms in total. The van der Waals surface area contributed by atoms with Crippen LogP contribution in [0.1, 0.15) is 55.8 Å². The van der Waals surface area contributed by atoms with Gasteiger partial charge in [-0.25, -0.2) is 4.39 Å². The van der Waals surface area contributed by atoms with Crippen LogP contribution in [0, 0.1) is 5.82 Å². The topological polar surface area (TPSA) is 64.9 Å². The first-order valence-corrected chi connectivity index (χ1v) is 7.44. The van der Waals surface area contributed by atoms with Gasteiger partial charge in [0.2, 0.25) is 5.89 Å². The molecule has 1 heterocycles. The number of halogens is 1. The second-order valence-electron chi connectivity index (χ2n) is 6.03. The second-order valence-corrected chi connectivity index (χ2v) is 6.03. The summed E-state index contributed by atoms with van der Waals surface area (Å²) < 4.78 is 18.3. The third-order valence-corrected chi connectivity index (χ3v) is 4.33. The van der Waals surface area contributed by atoms with E-state index < -0.39 is 5.54 Å². The number of hydrogen-bond acceptors (Lipinski definition) is 4. The Labute approximate surface area is 123 Å². The number of rotatable bonds is 4. The lowest BCUT2D eigenvalue weighted by Crippen LogP contribution is -2.34. The maximum atomic E-state index is 12.9. The summed E-state index contributed by atoms with van der Waals surface area (Å²) >= 11 is 0. The van der Waals surface area contributed by atoms with Crippen LogP contribution < -0.4 is 5.73 Å². The number of aromatic nitrogens is 2. The summed E-state index contributed by atoms with van der Waals surface area (Å²) in [6, 6.07) is 6.52. The fourth-order valence-corrected chi connectivity index (χ4v) is 2.94.